The zero-order chi connectivity index (χ0) is 8.81. The van der Waals surface area contributed by atoms with Gasteiger partial charge in [0, 0.05) is 12.5 Å². The maximum absolute atomic E-state index is 8.78. The minimum atomic E-state index is 0.236. The van der Waals surface area contributed by atoms with Crippen LogP contribution in [0.1, 0.15) is 39.0 Å². The summed E-state index contributed by atoms with van der Waals surface area (Å²) < 4.78 is 0. The molecular weight excluding hydrogens is 148 g/mol. The van der Waals surface area contributed by atoms with E-state index in [2.05, 4.69) is 5.73 Å². The van der Waals surface area contributed by atoms with Gasteiger partial charge in [0.15, 0.2) is 0 Å². The van der Waals surface area contributed by atoms with E-state index in [1.54, 1.807) is 0 Å². The van der Waals surface area contributed by atoms with Crippen LogP contribution in [-0.2, 0) is 0 Å². The molecular formula is C11H18O. The minimum absolute atomic E-state index is 0.236. The Morgan fingerprint density at radius 3 is 2.67 bits per heavy atom. The first-order valence-electron chi connectivity index (χ1n) is 4.88. The molecule has 0 saturated heterocycles. The van der Waals surface area contributed by atoms with Crippen LogP contribution in [0.15, 0.2) is 17.4 Å². The van der Waals surface area contributed by atoms with Gasteiger partial charge >= 0.3 is 0 Å². The topological polar surface area (TPSA) is 20.2 Å². The van der Waals surface area contributed by atoms with Gasteiger partial charge in [-0.3, -0.25) is 0 Å². The summed E-state index contributed by atoms with van der Waals surface area (Å²) in [6, 6.07) is 0. The number of hydrogen-bond acceptors (Lipinski definition) is 1. The molecule has 1 heteroatoms. The molecule has 0 bridgehead atoms. The second-order valence-corrected chi connectivity index (χ2v) is 3.64. The molecule has 1 saturated carbocycles. The summed E-state index contributed by atoms with van der Waals surface area (Å²) in [4.78, 5) is 0. The molecule has 0 radical (unpaired) electrons. The van der Waals surface area contributed by atoms with Crippen LogP contribution in [0.4, 0.5) is 0 Å². The molecule has 12 heavy (non-hydrogen) atoms. The van der Waals surface area contributed by atoms with Crippen LogP contribution < -0.4 is 0 Å². The molecule has 0 aromatic rings. The Hall–Kier alpha value is -0.520. The van der Waals surface area contributed by atoms with Gasteiger partial charge in [-0.05, 0) is 37.3 Å². The third-order valence-corrected chi connectivity index (χ3v) is 2.32. The van der Waals surface area contributed by atoms with E-state index >= 15 is 0 Å². The van der Waals surface area contributed by atoms with Gasteiger partial charge in [0.2, 0.25) is 0 Å². The first-order valence-corrected chi connectivity index (χ1v) is 4.88. The third kappa shape index (κ3) is 3.25. The quantitative estimate of drug-likeness (QED) is 0.625. The summed E-state index contributed by atoms with van der Waals surface area (Å²) >= 11 is 0. The number of aliphatic hydroxyl groups is 1. The van der Waals surface area contributed by atoms with Crippen molar-refractivity contribution in [2.75, 3.05) is 6.61 Å². The Labute approximate surface area is 74.8 Å². The van der Waals surface area contributed by atoms with Crippen molar-refractivity contribution in [1.29, 1.82) is 0 Å². The molecule has 0 heterocycles. The fraction of sp³-hybridized carbons (Fsp3) is 0.727. The first-order chi connectivity index (χ1) is 5.83. The number of rotatable bonds is 2. The smallest absolute Gasteiger partial charge is 0.0497 e. The average Bonchev–Trinajstić information content (AvgIpc) is 2.16. The second kappa shape index (κ2) is 5.18. The molecule has 0 aliphatic heterocycles. The highest BCUT2D eigenvalue weighted by Gasteiger charge is 2.03. The van der Waals surface area contributed by atoms with E-state index in [0.717, 1.165) is 0 Å². The van der Waals surface area contributed by atoms with Gasteiger partial charge < -0.3 is 5.11 Å². The van der Waals surface area contributed by atoms with Gasteiger partial charge in [0.05, 0.1) is 0 Å². The molecule has 0 amide bonds. The predicted molar refractivity (Wildman–Crippen MR) is 50.9 cm³/mol. The van der Waals surface area contributed by atoms with E-state index in [-0.39, 0.29) is 12.5 Å². The fourth-order valence-electron chi connectivity index (χ4n) is 1.44. The third-order valence-electron chi connectivity index (χ3n) is 2.32. The normalized spacial score (nSPS) is 20.0. The van der Waals surface area contributed by atoms with Gasteiger partial charge in [0.25, 0.3) is 0 Å². The van der Waals surface area contributed by atoms with E-state index in [9.17, 15) is 0 Å². The summed E-state index contributed by atoms with van der Waals surface area (Å²) in [5, 5.41) is 8.78. The molecule has 0 aromatic carbocycles. The zero-order valence-electron chi connectivity index (χ0n) is 7.84. The minimum Gasteiger partial charge on any atom is -0.396 e. The maximum Gasteiger partial charge on any atom is 0.0497 e. The monoisotopic (exact) mass is 166 g/mol. The standard InChI is InChI=1S/C11H18O/c1-10(9-12)7-8-11-5-3-2-4-6-11/h7,10,12H,2-6,9H2,1H3. The lowest BCUT2D eigenvalue weighted by atomic mass is 9.95. The highest BCUT2D eigenvalue weighted by Crippen LogP contribution is 2.21. The van der Waals surface area contributed by atoms with E-state index in [4.69, 9.17) is 5.11 Å². The van der Waals surface area contributed by atoms with Gasteiger partial charge in [-0.1, -0.05) is 13.3 Å². The summed E-state index contributed by atoms with van der Waals surface area (Å²) in [6.07, 6.45) is 8.46. The average molecular weight is 166 g/mol. The lowest BCUT2D eigenvalue weighted by Gasteiger charge is -2.10. The Morgan fingerprint density at radius 2 is 2.08 bits per heavy atom. The molecule has 1 fully saturated rings. The molecule has 1 aliphatic carbocycles. The molecule has 0 spiro atoms. The first kappa shape index (κ1) is 9.57. The molecule has 0 aromatic heterocycles. The fourth-order valence-corrected chi connectivity index (χ4v) is 1.44. The highest BCUT2D eigenvalue weighted by atomic mass is 16.3. The zero-order valence-corrected chi connectivity index (χ0v) is 7.84. The van der Waals surface area contributed by atoms with E-state index in [0.29, 0.717) is 0 Å². The van der Waals surface area contributed by atoms with Crippen LogP contribution in [0.3, 0.4) is 0 Å². The Balaban J connectivity index is 2.47. The van der Waals surface area contributed by atoms with Gasteiger partial charge in [-0.25, -0.2) is 0 Å². The van der Waals surface area contributed by atoms with Crippen molar-refractivity contribution in [3.63, 3.8) is 0 Å². The highest BCUT2D eigenvalue weighted by molar-refractivity contribution is 5.04. The predicted octanol–water partition coefficient (Wildman–Crippen LogP) is 2.66. The summed E-state index contributed by atoms with van der Waals surface area (Å²) in [5.74, 6) is 0.263. The summed E-state index contributed by atoms with van der Waals surface area (Å²) in [6.45, 7) is 2.25. The molecule has 1 unspecified atom stereocenters. The van der Waals surface area contributed by atoms with E-state index in [1.807, 2.05) is 13.0 Å². The van der Waals surface area contributed by atoms with Crippen LogP contribution in [0.2, 0.25) is 0 Å². The molecule has 1 N–H and O–H groups in total. The largest absolute Gasteiger partial charge is 0.396 e. The molecule has 1 aliphatic rings. The lowest BCUT2D eigenvalue weighted by Crippen LogP contribution is -1.95. The van der Waals surface area contributed by atoms with Crippen LogP contribution in [0, 0.1) is 5.92 Å². The molecule has 1 atom stereocenters. The van der Waals surface area contributed by atoms with Crippen molar-refractivity contribution in [2.24, 2.45) is 5.92 Å². The van der Waals surface area contributed by atoms with Crippen molar-refractivity contribution in [1.82, 2.24) is 0 Å². The molecule has 1 nitrogen and oxygen atoms in total. The van der Waals surface area contributed by atoms with Gasteiger partial charge in [0.1, 0.15) is 0 Å². The van der Waals surface area contributed by atoms with Crippen LogP contribution >= 0.6 is 0 Å². The number of aliphatic hydroxyl groups excluding tert-OH is 1. The lowest BCUT2D eigenvalue weighted by molar-refractivity contribution is 0.262. The molecule has 1 rings (SSSR count). The maximum atomic E-state index is 8.78. The van der Waals surface area contributed by atoms with Crippen molar-refractivity contribution in [3.05, 3.63) is 17.4 Å². The van der Waals surface area contributed by atoms with E-state index in [1.165, 1.54) is 37.7 Å². The van der Waals surface area contributed by atoms with Gasteiger partial charge in [-0.2, -0.15) is 0 Å². The Bertz CT molecular complexity index is 179. The van der Waals surface area contributed by atoms with Crippen LogP contribution in [-0.4, -0.2) is 11.7 Å². The van der Waals surface area contributed by atoms with Crippen molar-refractivity contribution >= 4 is 0 Å². The van der Waals surface area contributed by atoms with Gasteiger partial charge in [-0.15, -0.1) is 5.73 Å². The van der Waals surface area contributed by atoms with E-state index < -0.39 is 0 Å². The van der Waals surface area contributed by atoms with Crippen LogP contribution in [0.5, 0.6) is 0 Å². The van der Waals surface area contributed by atoms with Crippen molar-refractivity contribution < 1.29 is 5.11 Å². The Kier molecular flexibility index (Phi) is 4.13. The van der Waals surface area contributed by atoms with Crippen molar-refractivity contribution in [3.8, 4) is 0 Å². The Morgan fingerprint density at radius 1 is 1.42 bits per heavy atom. The van der Waals surface area contributed by atoms with Crippen molar-refractivity contribution in [2.45, 2.75) is 39.0 Å². The molecule has 68 valence electrons. The van der Waals surface area contributed by atoms with Crippen LogP contribution in [0.25, 0.3) is 0 Å². The number of hydrogen-bond donors (Lipinski definition) is 1. The second-order valence-electron chi connectivity index (χ2n) is 3.64. The summed E-state index contributed by atoms with van der Waals surface area (Å²) in [5.41, 5.74) is 4.75. The summed E-state index contributed by atoms with van der Waals surface area (Å²) in [7, 11) is 0. The SMILES string of the molecule is CC(C=C=C1CCCCC1)CO.